The van der Waals surface area contributed by atoms with Crippen LogP contribution in [0.2, 0.25) is 0 Å². The van der Waals surface area contributed by atoms with Crippen LogP contribution < -0.4 is 28.7 Å². The summed E-state index contributed by atoms with van der Waals surface area (Å²) in [6.45, 7) is 8.59. The van der Waals surface area contributed by atoms with Gasteiger partial charge in [-0.3, -0.25) is 0 Å². The van der Waals surface area contributed by atoms with E-state index in [1.807, 2.05) is 74.5 Å². The van der Waals surface area contributed by atoms with Gasteiger partial charge in [0, 0.05) is 28.4 Å². The molecule has 0 saturated heterocycles. The topological polar surface area (TPSA) is 310 Å². The molecule has 0 aromatic heterocycles. The van der Waals surface area contributed by atoms with E-state index in [1.165, 1.54) is 26.0 Å². The SMILES string of the molecule is Cc1cc(N)cc(C(=O)O)c1.Cc1ccc(-c2ccc(N)cc2C(=O)O)cc1.Cc1ccc(C(c2ccc(C)c(N)c2)(C(F)(F)F)C(F)(F)F)cc1N.Cc1ccc(Cc2ccc(N)cc2)cc1C(=O)O.O=C=O.O=C=O. The summed E-state index contributed by atoms with van der Waals surface area (Å²) in [5.41, 5.74) is 31.0. The van der Waals surface area contributed by atoms with E-state index in [1.54, 1.807) is 37.3 Å². The number of nitrogen functional groups attached to an aromatic ring is 5. The molecule has 0 atom stereocenters. The highest BCUT2D eigenvalue weighted by molar-refractivity contribution is 5.97. The summed E-state index contributed by atoms with van der Waals surface area (Å²) in [5, 5.41) is 26.8. The molecule has 0 radical (unpaired) electrons. The highest BCUT2D eigenvalue weighted by atomic mass is 19.4. The standard InChI is InChI=1S/C17H16F6N2.C15H15NO2.C14H13NO2.C8H9NO2.2CO2/c1-9-3-5-11(7-13(9)24)15(16(18,19)20,17(21,22)23)12-6-4-10(2)14(25)8-12;1-10-2-3-12(9-14(10)15(17)18)8-11-4-6-13(16)7-5-11;1-9-2-4-10(5-3-9)12-7-6-11(15)8-13(12)14(16)17;1-5-2-6(8(10)11)4-7(9)3-5;2*2-1-3/h3-8H,24-25H2,1-2H3;2-7,9H,8,16H2,1H3,(H,17,18);2-8H,15H2,1H3,(H,16,17);2-4H,9H2,1H3,(H,10,11);;. The first-order valence-corrected chi connectivity index (χ1v) is 22.2. The number of carbonyl (C=O) groups is 3. The van der Waals surface area contributed by atoms with Crippen molar-refractivity contribution in [2.45, 2.75) is 58.8 Å². The molecule has 21 heteroatoms. The third-order valence-electron chi connectivity index (χ3n) is 11.2. The van der Waals surface area contributed by atoms with Crippen LogP contribution in [-0.4, -0.2) is 57.9 Å². The molecule has 404 valence electrons. The van der Waals surface area contributed by atoms with Crippen molar-refractivity contribution < 1.29 is 75.2 Å². The van der Waals surface area contributed by atoms with Crippen molar-refractivity contribution in [3.05, 3.63) is 206 Å². The van der Waals surface area contributed by atoms with Crippen molar-refractivity contribution in [2.24, 2.45) is 0 Å². The Morgan fingerprint density at radius 3 is 1.30 bits per heavy atom. The van der Waals surface area contributed by atoms with Gasteiger partial charge in [0.1, 0.15) is 0 Å². The molecule has 0 aliphatic heterocycles. The van der Waals surface area contributed by atoms with E-state index >= 15 is 0 Å². The number of carboxylic acid groups (broad SMARTS) is 3. The molecule has 0 aliphatic rings. The first-order valence-electron chi connectivity index (χ1n) is 22.2. The molecule has 0 bridgehead atoms. The number of carboxylic acids is 3. The van der Waals surface area contributed by atoms with Gasteiger partial charge in [-0.1, -0.05) is 84.4 Å². The van der Waals surface area contributed by atoms with Crippen LogP contribution in [0.1, 0.15) is 81.1 Å². The van der Waals surface area contributed by atoms with Crippen molar-refractivity contribution in [2.75, 3.05) is 28.7 Å². The molecule has 0 spiro atoms. The maximum Gasteiger partial charge on any atom is 0.411 e. The van der Waals surface area contributed by atoms with Crippen molar-refractivity contribution in [1.82, 2.24) is 0 Å². The zero-order chi connectivity index (χ0) is 58.6. The van der Waals surface area contributed by atoms with Gasteiger partial charge >= 0.3 is 42.6 Å². The molecule has 7 aromatic carbocycles. The quantitative estimate of drug-likeness (QED) is 0.0518. The predicted octanol–water partition coefficient (Wildman–Crippen LogP) is 10.8. The smallest absolute Gasteiger partial charge is 0.411 e. The maximum atomic E-state index is 13.9. The van der Waals surface area contributed by atoms with E-state index < -0.39 is 46.8 Å². The molecule has 15 nitrogen and oxygen atoms in total. The van der Waals surface area contributed by atoms with Crippen LogP contribution in [0.5, 0.6) is 0 Å². The highest BCUT2D eigenvalue weighted by Gasteiger charge is 2.72. The van der Waals surface area contributed by atoms with E-state index in [0.717, 1.165) is 63.3 Å². The minimum absolute atomic E-state index is 0.157. The van der Waals surface area contributed by atoms with Crippen LogP contribution in [0.4, 0.5) is 54.8 Å². The number of halogens is 6. The van der Waals surface area contributed by atoms with Crippen molar-refractivity contribution in [3.63, 3.8) is 0 Å². The van der Waals surface area contributed by atoms with Crippen molar-refractivity contribution in [1.29, 1.82) is 0 Å². The number of benzene rings is 7. The second kappa shape index (κ2) is 28.1. The van der Waals surface area contributed by atoms with E-state index in [0.29, 0.717) is 52.2 Å². The van der Waals surface area contributed by atoms with Crippen LogP contribution in [0.25, 0.3) is 11.1 Å². The average Bonchev–Trinajstić information content (AvgIpc) is 3.33. The molecule has 0 aliphatic carbocycles. The number of aromatic carboxylic acids is 3. The molecule has 7 aromatic rings. The number of anilines is 5. The lowest BCUT2D eigenvalue weighted by Gasteiger charge is -2.38. The zero-order valence-electron chi connectivity index (χ0n) is 41.8. The van der Waals surface area contributed by atoms with Gasteiger partial charge in [-0.25, -0.2) is 14.4 Å². The van der Waals surface area contributed by atoms with Crippen LogP contribution in [0.15, 0.2) is 140 Å². The summed E-state index contributed by atoms with van der Waals surface area (Å²) in [6.07, 6.45) is -10.1. The van der Waals surface area contributed by atoms with Crippen LogP contribution in [0, 0.1) is 34.6 Å². The van der Waals surface area contributed by atoms with E-state index in [4.69, 9.17) is 63.2 Å². The Morgan fingerprint density at radius 2 is 0.883 bits per heavy atom. The van der Waals surface area contributed by atoms with Crippen LogP contribution >= 0.6 is 0 Å². The summed E-state index contributed by atoms with van der Waals surface area (Å²) < 4.78 is 83.4. The lowest BCUT2D eigenvalue weighted by Crippen LogP contribution is -2.54. The van der Waals surface area contributed by atoms with Gasteiger partial charge in [-0.05, 0) is 157 Å². The molecular formula is C56H53F6N5O10. The Bertz CT molecular complexity index is 3140. The van der Waals surface area contributed by atoms with E-state index in [9.17, 15) is 40.7 Å². The van der Waals surface area contributed by atoms with Crippen LogP contribution in [-0.2, 0) is 31.0 Å². The van der Waals surface area contributed by atoms with Gasteiger partial charge in [0.15, 0.2) is 0 Å². The normalized spacial score (nSPS) is 10.5. The average molecular weight is 1070 g/mol. The number of hydrogen-bond donors (Lipinski definition) is 8. The Labute approximate surface area is 437 Å². The lowest BCUT2D eigenvalue weighted by molar-refractivity contribution is -0.288. The van der Waals surface area contributed by atoms with Gasteiger partial charge in [-0.2, -0.15) is 45.5 Å². The summed E-state index contributed by atoms with van der Waals surface area (Å²) in [7, 11) is 0. The van der Waals surface area contributed by atoms with Gasteiger partial charge in [-0.15, -0.1) is 0 Å². The molecule has 13 N–H and O–H groups in total. The number of alkyl halides is 6. The molecule has 77 heavy (non-hydrogen) atoms. The zero-order valence-corrected chi connectivity index (χ0v) is 41.8. The molecule has 0 unspecified atom stereocenters. The summed E-state index contributed by atoms with van der Waals surface area (Å²) in [4.78, 5) is 65.2. The maximum absolute atomic E-state index is 13.9. The van der Waals surface area contributed by atoms with E-state index in [2.05, 4.69) is 0 Å². The highest BCUT2D eigenvalue weighted by Crippen LogP contribution is 2.56. The van der Waals surface area contributed by atoms with Crippen molar-refractivity contribution >= 4 is 58.6 Å². The summed E-state index contributed by atoms with van der Waals surface area (Å²) in [6, 6.07) is 35.8. The second-order valence-corrected chi connectivity index (χ2v) is 16.8. The van der Waals surface area contributed by atoms with Gasteiger partial charge in [0.05, 0.1) is 16.7 Å². The second-order valence-electron chi connectivity index (χ2n) is 16.8. The Balaban J connectivity index is 0.000000349. The minimum atomic E-state index is -5.66. The fourth-order valence-electron chi connectivity index (χ4n) is 7.27. The molecular weight excluding hydrogens is 1020 g/mol. The van der Waals surface area contributed by atoms with Gasteiger partial charge in [0.2, 0.25) is 5.41 Å². The summed E-state index contributed by atoms with van der Waals surface area (Å²) in [5.74, 6) is -2.79. The Morgan fingerprint density at radius 1 is 0.442 bits per heavy atom. The molecule has 0 amide bonds. The van der Waals surface area contributed by atoms with Crippen molar-refractivity contribution in [3.8, 4) is 11.1 Å². The minimum Gasteiger partial charge on any atom is -0.478 e. The third kappa shape index (κ3) is 17.7. The number of rotatable bonds is 8. The fraction of sp³-hybridized carbons (Fsp3) is 0.161. The lowest BCUT2D eigenvalue weighted by atomic mass is 9.72. The number of carbonyl (C=O) groups excluding carboxylic acids is 4. The molecule has 0 fully saturated rings. The third-order valence-corrected chi connectivity index (χ3v) is 11.2. The van der Waals surface area contributed by atoms with Gasteiger partial charge < -0.3 is 44.0 Å². The van der Waals surface area contributed by atoms with Crippen LogP contribution in [0.3, 0.4) is 0 Å². The number of aryl methyl sites for hydroxylation is 5. The monoisotopic (exact) mass is 1070 g/mol. The first kappa shape index (κ1) is 63.4. The Hall–Kier alpha value is -9.71. The van der Waals surface area contributed by atoms with E-state index in [-0.39, 0.29) is 34.8 Å². The predicted molar refractivity (Wildman–Crippen MR) is 276 cm³/mol. The number of hydrogen-bond acceptors (Lipinski definition) is 12. The first-order chi connectivity index (χ1) is 35.9. The van der Waals surface area contributed by atoms with Gasteiger partial charge in [0.25, 0.3) is 0 Å². The summed E-state index contributed by atoms with van der Waals surface area (Å²) >= 11 is 0. The number of nitrogens with two attached hydrogens (primary N) is 5. The molecule has 7 rings (SSSR count). The Kier molecular flexibility index (Phi) is 23.1. The molecule has 0 heterocycles. The fourth-order valence-corrected chi connectivity index (χ4v) is 7.27. The molecule has 0 saturated carbocycles. The largest absolute Gasteiger partial charge is 0.478 e.